The van der Waals surface area contributed by atoms with Crippen molar-refractivity contribution in [2.75, 3.05) is 14.1 Å². The maximum atomic E-state index is 10.4. The summed E-state index contributed by atoms with van der Waals surface area (Å²) in [4.78, 5) is 2.21. The first-order valence-corrected chi connectivity index (χ1v) is 5.67. The Balaban J connectivity index is 2.39. The van der Waals surface area contributed by atoms with E-state index in [-0.39, 0.29) is 11.5 Å². The largest absolute Gasteiger partial charge is 0.391 e. The number of fused-ring (bicyclic) bond motifs is 2. The molecule has 0 amide bonds. The van der Waals surface area contributed by atoms with Crippen LogP contribution in [0.25, 0.3) is 0 Å². The lowest BCUT2D eigenvalue weighted by molar-refractivity contribution is -0.0195. The van der Waals surface area contributed by atoms with Crippen LogP contribution in [-0.4, -0.2) is 36.2 Å². The van der Waals surface area contributed by atoms with Gasteiger partial charge in [-0.3, -0.25) is 0 Å². The van der Waals surface area contributed by atoms with Crippen molar-refractivity contribution in [2.45, 2.75) is 45.8 Å². The second-order valence-electron chi connectivity index (χ2n) is 6.18. The Kier molecular flexibility index (Phi) is 2.04. The molecular formula is C12H23NO. The van der Waals surface area contributed by atoms with Gasteiger partial charge in [-0.05, 0) is 38.3 Å². The highest BCUT2D eigenvalue weighted by Crippen LogP contribution is 2.66. The summed E-state index contributed by atoms with van der Waals surface area (Å²) in [5.41, 5.74) is 0.425. The molecule has 0 saturated heterocycles. The van der Waals surface area contributed by atoms with Crippen LogP contribution in [0.15, 0.2) is 0 Å². The number of aliphatic hydroxyl groups is 1. The van der Waals surface area contributed by atoms with Gasteiger partial charge in [-0.15, -0.1) is 0 Å². The number of likely N-dealkylation sites (N-methyl/N-ethyl adjacent to an activating group) is 1. The summed E-state index contributed by atoms with van der Waals surface area (Å²) < 4.78 is 0. The first kappa shape index (κ1) is 10.4. The van der Waals surface area contributed by atoms with Crippen LogP contribution in [0.2, 0.25) is 0 Å². The zero-order chi connectivity index (χ0) is 10.7. The standard InChI is InChI=1S/C12H23NO/c1-11(2)8-6-7-12(11,3)10(14)9(8)13(4)5/h8-10,14H,6-7H2,1-5H3/t8-,9-,10-,12+/m1/s1. The van der Waals surface area contributed by atoms with E-state index in [0.717, 1.165) is 0 Å². The highest BCUT2D eigenvalue weighted by molar-refractivity contribution is 5.16. The molecule has 2 rings (SSSR count). The van der Waals surface area contributed by atoms with Crippen LogP contribution >= 0.6 is 0 Å². The zero-order valence-electron chi connectivity index (χ0n) is 10.0. The third kappa shape index (κ3) is 0.938. The van der Waals surface area contributed by atoms with Gasteiger partial charge in [0.2, 0.25) is 0 Å². The van der Waals surface area contributed by atoms with E-state index < -0.39 is 0 Å². The average molecular weight is 197 g/mol. The molecule has 2 nitrogen and oxygen atoms in total. The van der Waals surface area contributed by atoms with Crippen LogP contribution in [0, 0.1) is 16.7 Å². The van der Waals surface area contributed by atoms with E-state index in [1.165, 1.54) is 12.8 Å². The van der Waals surface area contributed by atoms with Gasteiger partial charge in [-0.1, -0.05) is 20.8 Å². The van der Waals surface area contributed by atoms with Gasteiger partial charge < -0.3 is 10.0 Å². The van der Waals surface area contributed by atoms with Crippen LogP contribution in [0.3, 0.4) is 0 Å². The number of aliphatic hydroxyl groups excluding tert-OH is 1. The fourth-order valence-electron chi connectivity index (χ4n) is 3.93. The normalized spacial score (nSPS) is 50.4. The number of nitrogens with zero attached hydrogens (tertiary/aromatic N) is 1. The van der Waals surface area contributed by atoms with E-state index in [1.54, 1.807) is 0 Å². The zero-order valence-corrected chi connectivity index (χ0v) is 10.0. The third-order valence-corrected chi connectivity index (χ3v) is 5.36. The quantitative estimate of drug-likeness (QED) is 0.692. The molecule has 0 spiro atoms. The fourth-order valence-corrected chi connectivity index (χ4v) is 3.93. The van der Waals surface area contributed by atoms with Crippen molar-refractivity contribution in [3.8, 4) is 0 Å². The fraction of sp³-hybridized carbons (Fsp3) is 1.00. The van der Waals surface area contributed by atoms with Gasteiger partial charge >= 0.3 is 0 Å². The highest BCUT2D eigenvalue weighted by atomic mass is 16.3. The second-order valence-corrected chi connectivity index (χ2v) is 6.18. The molecule has 0 unspecified atom stereocenters. The van der Waals surface area contributed by atoms with Gasteiger partial charge in [0, 0.05) is 11.5 Å². The SMILES string of the molecule is CN(C)[C@@H]1[C@H]2CC[C@@](C)([C@@H]1O)C2(C)C. The van der Waals surface area contributed by atoms with Crippen LogP contribution in [-0.2, 0) is 0 Å². The van der Waals surface area contributed by atoms with E-state index in [9.17, 15) is 5.11 Å². The molecule has 2 aliphatic carbocycles. The summed E-state index contributed by atoms with van der Waals surface area (Å²) in [6, 6.07) is 0.365. The molecule has 0 aliphatic heterocycles. The van der Waals surface area contributed by atoms with Gasteiger partial charge in [0.1, 0.15) is 0 Å². The van der Waals surface area contributed by atoms with E-state index in [2.05, 4.69) is 39.8 Å². The summed E-state index contributed by atoms with van der Waals surface area (Å²) >= 11 is 0. The van der Waals surface area contributed by atoms with Crippen molar-refractivity contribution < 1.29 is 5.11 Å². The highest BCUT2D eigenvalue weighted by Gasteiger charge is 2.66. The molecule has 4 atom stereocenters. The number of hydrogen-bond acceptors (Lipinski definition) is 2. The summed E-state index contributed by atoms with van der Waals surface area (Å²) in [5, 5.41) is 10.4. The van der Waals surface area contributed by atoms with Crippen molar-refractivity contribution in [1.82, 2.24) is 4.90 Å². The Morgan fingerprint density at radius 3 is 2.07 bits per heavy atom. The molecule has 2 bridgehead atoms. The monoisotopic (exact) mass is 197 g/mol. The molecule has 0 aromatic carbocycles. The maximum Gasteiger partial charge on any atom is 0.0756 e. The Hall–Kier alpha value is -0.0800. The van der Waals surface area contributed by atoms with Gasteiger partial charge in [-0.25, -0.2) is 0 Å². The van der Waals surface area contributed by atoms with E-state index in [0.29, 0.717) is 17.4 Å². The molecule has 2 aliphatic rings. The minimum absolute atomic E-state index is 0.132. The Morgan fingerprint density at radius 2 is 1.79 bits per heavy atom. The molecule has 2 saturated carbocycles. The lowest BCUT2D eigenvalue weighted by Gasteiger charge is -2.38. The van der Waals surface area contributed by atoms with Crippen LogP contribution < -0.4 is 0 Å². The molecule has 14 heavy (non-hydrogen) atoms. The van der Waals surface area contributed by atoms with Crippen molar-refractivity contribution in [1.29, 1.82) is 0 Å². The Bertz CT molecular complexity index is 249. The summed E-state index contributed by atoms with van der Waals surface area (Å²) in [6.07, 6.45) is 2.32. The van der Waals surface area contributed by atoms with Gasteiger partial charge in [0.25, 0.3) is 0 Å². The van der Waals surface area contributed by atoms with Crippen molar-refractivity contribution >= 4 is 0 Å². The summed E-state index contributed by atoms with van der Waals surface area (Å²) in [5.74, 6) is 0.664. The minimum Gasteiger partial charge on any atom is -0.391 e. The molecule has 0 aromatic rings. The Labute approximate surface area is 87.3 Å². The predicted molar refractivity (Wildman–Crippen MR) is 58.1 cm³/mol. The average Bonchev–Trinajstić information content (AvgIpc) is 2.35. The second kappa shape index (κ2) is 2.73. The molecule has 82 valence electrons. The van der Waals surface area contributed by atoms with Crippen molar-refractivity contribution in [3.05, 3.63) is 0 Å². The van der Waals surface area contributed by atoms with Crippen molar-refractivity contribution in [2.24, 2.45) is 16.7 Å². The molecular weight excluding hydrogens is 174 g/mol. The van der Waals surface area contributed by atoms with E-state index in [4.69, 9.17) is 0 Å². The van der Waals surface area contributed by atoms with Crippen LogP contribution in [0.5, 0.6) is 0 Å². The van der Waals surface area contributed by atoms with E-state index in [1.807, 2.05) is 0 Å². The van der Waals surface area contributed by atoms with Crippen molar-refractivity contribution in [3.63, 3.8) is 0 Å². The molecule has 1 N–H and O–H groups in total. The van der Waals surface area contributed by atoms with Gasteiger partial charge in [0.15, 0.2) is 0 Å². The molecule has 0 radical (unpaired) electrons. The first-order chi connectivity index (χ1) is 6.32. The molecule has 2 fully saturated rings. The number of rotatable bonds is 1. The van der Waals surface area contributed by atoms with Gasteiger partial charge in [-0.2, -0.15) is 0 Å². The lowest BCUT2D eigenvalue weighted by atomic mass is 9.70. The molecule has 0 heterocycles. The number of hydrogen-bond donors (Lipinski definition) is 1. The van der Waals surface area contributed by atoms with Crippen LogP contribution in [0.1, 0.15) is 33.6 Å². The van der Waals surface area contributed by atoms with Crippen LogP contribution in [0.4, 0.5) is 0 Å². The summed E-state index contributed by atoms with van der Waals surface area (Å²) in [7, 11) is 4.18. The maximum absolute atomic E-state index is 10.4. The van der Waals surface area contributed by atoms with Gasteiger partial charge in [0.05, 0.1) is 6.10 Å². The molecule has 2 heteroatoms. The minimum atomic E-state index is -0.147. The third-order valence-electron chi connectivity index (χ3n) is 5.36. The Morgan fingerprint density at radius 1 is 1.21 bits per heavy atom. The lowest BCUT2D eigenvalue weighted by Crippen LogP contribution is -2.46. The smallest absolute Gasteiger partial charge is 0.0756 e. The van der Waals surface area contributed by atoms with E-state index >= 15 is 0 Å². The predicted octanol–water partition coefficient (Wildman–Crippen LogP) is 1.73. The first-order valence-electron chi connectivity index (χ1n) is 5.67. The summed E-state index contributed by atoms with van der Waals surface area (Å²) in [6.45, 7) is 6.93. The topological polar surface area (TPSA) is 23.5 Å². The molecule has 0 aromatic heterocycles.